The Hall–Kier alpha value is -3.12. The van der Waals surface area contributed by atoms with Gasteiger partial charge in [0.05, 0.1) is 19.4 Å². The number of anilines is 1. The van der Waals surface area contributed by atoms with Crippen LogP contribution in [0.5, 0.6) is 0 Å². The van der Waals surface area contributed by atoms with Crippen molar-refractivity contribution in [2.75, 3.05) is 37.7 Å². The fraction of sp³-hybridized carbons (Fsp3) is 0.333. The predicted octanol–water partition coefficient (Wildman–Crippen LogP) is 3.04. The van der Waals surface area contributed by atoms with E-state index in [1.165, 1.54) is 11.1 Å². The highest BCUT2D eigenvalue weighted by molar-refractivity contribution is 5.94. The number of benzene rings is 2. The molecule has 0 radical (unpaired) electrons. The van der Waals surface area contributed by atoms with Crippen molar-refractivity contribution in [3.8, 4) is 0 Å². The molecule has 0 bridgehead atoms. The number of nitrogens with zero attached hydrogens (tertiary/aromatic N) is 4. The molecule has 1 aromatic heterocycles. The number of aromatic nitrogens is 2. The summed E-state index contributed by atoms with van der Waals surface area (Å²) in [5.74, 6) is 0.215. The molecule has 3 aromatic rings. The Kier molecular flexibility index (Phi) is 5.01. The van der Waals surface area contributed by atoms with Gasteiger partial charge in [-0.05, 0) is 41.0 Å². The van der Waals surface area contributed by atoms with E-state index in [-0.39, 0.29) is 11.8 Å². The Bertz CT molecular complexity index is 1040. The van der Waals surface area contributed by atoms with Crippen molar-refractivity contribution >= 4 is 11.6 Å². The first kappa shape index (κ1) is 18.9. The highest BCUT2D eigenvalue weighted by Gasteiger charge is 2.30. The van der Waals surface area contributed by atoms with Crippen molar-refractivity contribution < 1.29 is 9.53 Å². The molecule has 1 unspecified atom stereocenters. The van der Waals surface area contributed by atoms with E-state index in [4.69, 9.17) is 4.74 Å². The summed E-state index contributed by atoms with van der Waals surface area (Å²) in [7, 11) is 1.93. The number of morpholine rings is 1. The number of fused-ring (bicyclic) bond motifs is 1. The highest BCUT2D eigenvalue weighted by Crippen LogP contribution is 2.34. The van der Waals surface area contributed by atoms with Gasteiger partial charge in [0, 0.05) is 56.6 Å². The van der Waals surface area contributed by atoms with Crippen LogP contribution < -0.4 is 4.90 Å². The molecule has 0 saturated carbocycles. The van der Waals surface area contributed by atoms with Gasteiger partial charge in [0.25, 0.3) is 5.91 Å². The number of ether oxygens (including phenoxy) is 1. The van der Waals surface area contributed by atoms with Gasteiger partial charge < -0.3 is 14.5 Å². The molecular weight excluding hydrogens is 376 g/mol. The van der Waals surface area contributed by atoms with E-state index in [1.807, 2.05) is 47.2 Å². The zero-order valence-corrected chi connectivity index (χ0v) is 17.2. The Labute approximate surface area is 176 Å². The Morgan fingerprint density at radius 2 is 1.83 bits per heavy atom. The number of amides is 1. The molecule has 1 saturated heterocycles. The van der Waals surface area contributed by atoms with E-state index < -0.39 is 0 Å². The second kappa shape index (κ2) is 7.95. The van der Waals surface area contributed by atoms with Crippen LogP contribution >= 0.6 is 0 Å². The van der Waals surface area contributed by atoms with Crippen molar-refractivity contribution in [3.05, 3.63) is 83.2 Å². The second-order valence-corrected chi connectivity index (χ2v) is 8.03. The average Bonchev–Trinajstić information content (AvgIpc) is 3.24. The molecule has 2 aliphatic rings. The van der Waals surface area contributed by atoms with Crippen molar-refractivity contribution in [3.63, 3.8) is 0 Å². The number of hydrogen-bond acceptors (Lipinski definition) is 4. The molecule has 0 spiro atoms. The first-order chi connectivity index (χ1) is 14.7. The number of hydrogen-bond donors (Lipinski definition) is 0. The van der Waals surface area contributed by atoms with Crippen LogP contribution in [-0.2, 0) is 18.3 Å². The van der Waals surface area contributed by atoms with Gasteiger partial charge in [-0.1, -0.05) is 24.3 Å². The van der Waals surface area contributed by atoms with Gasteiger partial charge in [0.2, 0.25) is 0 Å². The van der Waals surface area contributed by atoms with Crippen LogP contribution in [0, 0.1) is 0 Å². The molecule has 154 valence electrons. The third kappa shape index (κ3) is 3.59. The zero-order chi connectivity index (χ0) is 20.5. The standard InChI is InChI=1S/C24H26N4O2/c1-26-15-20(14-25-26)23-17-28(16-19-4-2-3-5-22(19)23)24(29)18-6-8-21(9-7-18)27-10-12-30-13-11-27/h2-9,14-15,23H,10-13,16-17H2,1H3. The van der Waals surface area contributed by atoms with Crippen LogP contribution in [0.25, 0.3) is 0 Å². The maximum atomic E-state index is 13.4. The molecule has 3 heterocycles. The van der Waals surface area contributed by atoms with Gasteiger partial charge >= 0.3 is 0 Å². The lowest BCUT2D eigenvalue weighted by atomic mass is 9.86. The summed E-state index contributed by atoms with van der Waals surface area (Å²) in [6.45, 7) is 4.59. The minimum atomic E-state index is 0.0759. The topological polar surface area (TPSA) is 50.6 Å². The van der Waals surface area contributed by atoms with Crippen LogP contribution in [0.15, 0.2) is 60.9 Å². The van der Waals surface area contributed by atoms with Crippen LogP contribution in [0.3, 0.4) is 0 Å². The fourth-order valence-electron chi connectivity index (χ4n) is 4.49. The maximum Gasteiger partial charge on any atom is 0.254 e. The SMILES string of the molecule is Cn1cc(C2CN(C(=O)c3ccc(N4CCOCC4)cc3)Cc3ccccc32)cn1. The van der Waals surface area contributed by atoms with E-state index in [0.29, 0.717) is 13.1 Å². The third-order valence-electron chi connectivity index (χ3n) is 6.10. The van der Waals surface area contributed by atoms with Crippen molar-refractivity contribution in [1.29, 1.82) is 0 Å². The molecule has 2 aliphatic heterocycles. The lowest BCUT2D eigenvalue weighted by Crippen LogP contribution is -2.38. The normalized spacial score (nSPS) is 18.9. The van der Waals surface area contributed by atoms with Gasteiger partial charge in [-0.2, -0.15) is 5.10 Å². The van der Waals surface area contributed by atoms with Gasteiger partial charge in [0.15, 0.2) is 0 Å². The van der Waals surface area contributed by atoms with Crippen LogP contribution in [0.1, 0.15) is 33.0 Å². The molecule has 1 atom stereocenters. The molecule has 1 amide bonds. The molecule has 0 N–H and O–H groups in total. The predicted molar refractivity (Wildman–Crippen MR) is 116 cm³/mol. The van der Waals surface area contributed by atoms with Crippen molar-refractivity contribution in [2.45, 2.75) is 12.5 Å². The van der Waals surface area contributed by atoms with E-state index in [0.717, 1.165) is 43.1 Å². The van der Waals surface area contributed by atoms with Gasteiger partial charge in [-0.15, -0.1) is 0 Å². The molecule has 0 aliphatic carbocycles. The quantitative estimate of drug-likeness (QED) is 0.676. The Morgan fingerprint density at radius 1 is 1.07 bits per heavy atom. The summed E-state index contributed by atoms with van der Waals surface area (Å²) < 4.78 is 7.25. The first-order valence-corrected chi connectivity index (χ1v) is 10.5. The summed E-state index contributed by atoms with van der Waals surface area (Å²) in [6.07, 6.45) is 3.96. The lowest BCUT2D eigenvalue weighted by molar-refractivity contribution is 0.0725. The maximum absolute atomic E-state index is 13.4. The second-order valence-electron chi connectivity index (χ2n) is 8.03. The van der Waals surface area contributed by atoms with Crippen LogP contribution in [-0.4, -0.2) is 53.4 Å². The number of carbonyl (C=O) groups is 1. The summed E-state index contributed by atoms with van der Waals surface area (Å²) in [5.41, 5.74) is 5.52. The number of carbonyl (C=O) groups excluding carboxylic acids is 1. The average molecular weight is 402 g/mol. The Morgan fingerprint density at radius 3 is 2.57 bits per heavy atom. The Balaban J connectivity index is 1.39. The molecular formula is C24H26N4O2. The van der Waals surface area contributed by atoms with Crippen molar-refractivity contribution in [1.82, 2.24) is 14.7 Å². The van der Waals surface area contributed by atoms with E-state index in [9.17, 15) is 4.79 Å². The van der Waals surface area contributed by atoms with E-state index in [2.05, 4.69) is 40.3 Å². The summed E-state index contributed by atoms with van der Waals surface area (Å²) in [5, 5.41) is 4.35. The summed E-state index contributed by atoms with van der Waals surface area (Å²) >= 11 is 0. The van der Waals surface area contributed by atoms with Crippen LogP contribution in [0.2, 0.25) is 0 Å². The summed E-state index contributed by atoms with van der Waals surface area (Å²) in [4.78, 5) is 17.6. The monoisotopic (exact) mass is 402 g/mol. The van der Waals surface area contributed by atoms with E-state index >= 15 is 0 Å². The minimum absolute atomic E-state index is 0.0759. The third-order valence-corrected chi connectivity index (χ3v) is 6.10. The fourth-order valence-corrected chi connectivity index (χ4v) is 4.49. The molecule has 2 aromatic carbocycles. The van der Waals surface area contributed by atoms with Crippen LogP contribution in [0.4, 0.5) is 5.69 Å². The van der Waals surface area contributed by atoms with E-state index in [1.54, 1.807) is 0 Å². The van der Waals surface area contributed by atoms with Gasteiger partial charge in [0.1, 0.15) is 0 Å². The first-order valence-electron chi connectivity index (χ1n) is 10.5. The molecule has 30 heavy (non-hydrogen) atoms. The molecule has 1 fully saturated rings. The molecule has 6 heteroatoms. The van der Waals surface area contributed by atoms with Crippen molar-refractivity contribution in [2.24, 2.45) is 7.05 Å². The largest absolute Gasteiger partial charge is 0.378 e. The summed E-state index contributed by atoms with van der Waals surface area (Å²) in [6, 6.07) is 16.4. The molecule has 6 nitrogen and oxygen atoms in total. The lowest BCUT2D eigenvalue weighted by Gasteiger charge is -2.34. The smallest absolute Gasteiger partial charge is 0.254 e. The zero-order valence-electron chi connectivity index (χ0n) is 17.2. The number of aryl methyl sites for hydroxylation is 1. The van der Waals surface area contributed by atoms with Gasteiger partial charge in [-0.3, -0.25) is 9.48 Å². The highest BCUT2D eigenvalue weighted by atomic mass is 16.5. The molecule has 5 rings (SSSR count). The minimum Gasteiger partial charge on any atom is -0.378 e. The number of rotatable bonds is 3. The van der Waals surface area contributed by atoms with Gasteiger partial charge in [-0.25, -0.2) is 0 Å².